The summed E-state index contributed by atoms with van der Waals surface area (Å²) in [7, 11) is 0. The number of hydrogen-bond acceptors (Lipinski definition) is 5. The lowest BCUT2D eigenvalue weighted by atomic mass is 10.2. The highest BCUT2D eigenvalue weighted by atomic mass is 35.5. The summed E-state index contributed by atoms with van der Waals surface area (Å²) in [6.07, 6.45) is 0. The third kappa shape index (κ3) is 3.17. The molecule has 110 valence electrons. The molecule has 1 aromatic rings. The van der Waals surface area contributed by atoms with Crippen LogP contribution in [0.1, 0.15) is 0 Å². The zero-order chi connectivity index (χ0) is 14.7. The van der Waals surface area contributed by atoms with Gasteiger partial charge >= 0.3 is 0 Å². The third-order valence-corrected chi connectivity index (χ3v) is 3.63. The van der Waals surface area contributed by atoms with E-state index in [1.165, 1.54) is 0 Å². The quantitative estimate of drug-likeness (QED) is 0.674. The smallest absolute Gasteiger partial charge is 0.294 e. The maximum absolute atomic E-state index is 13.6. The summed E-state index contributed by atoms with van der Waals surface area (Å²) >= 11 is 5.60. The summed E-state index contributed by atoms with van der Waals surface area (Å²) in [5, 5.41) is 19.7. The van der Waals surface area contributed by atoms with Gasteiger partial charge in [0, 0.05) is 44.9 Å². The Morgan fingerprint density at radius 3 is 2.55 bits per heavy atom. The van der Waals surface area contributed by atoms with Gasteiger partial charge < -0.3 is 10.0 Å². The normalized spacial score (nSPS) is 16.4. The van der Waals surface area contributed by atoms with E-state index in [9.17, 15) is 14.5 Å². The number of hydrogen-bond donors (Lipinski definition) is 1. The number of nitro benzene ring substituents is 1. The zero-order valence-corrected chi connectivity index (χ0v) is 11.5. The van der Waals surface area contributed by atoms with E-state index in [0.29, 0.717) is 32.7 Å². The molecular weight excluding hydrogens is 289 g/mol. The van der Waals surface area contributed by atoms with E-state index in [4.69, 9.17) is 16.7 Å². The molecule has 0 aliphatic carbocycles. The second-order valence-corrected chi connectivity index (χ2v) is 4.97. The van der Waals surface area contributed by atoms with Crippen molar-refractivity contribution in [1.29, 1.82) is 0 Å². The van der Waals surface area contributed by atoms with E-state index >= 15 is 0 Å². The number of anilines is 1. The molecule has 20 heavy (non-hydrogen) atoms. The summed E-state index contributed by atoms with van der Waals surface area (Å²) in [5.74, 6) is -0.662. The molecular formula is C12H15ClFN3O3. The lowest BCUT2D eigenvalue weighted by molar-refractivity contribution is -0.384. The molecule has 1 N–H and O–H groups in total. The van der Waals surface area contributed by atoms with Crippen LogP contribution in [0.25, 0.3) is 0 Å². The zero-order valence-electron chi connectivity index (χ0n) is 10.8. The maximum atomic E-state index is 13.6. The highest BCUT2D eigenvalue weighted by Gasteiger charge is 2.25. The van der Waals surface area contributed by atoms with Crippen LogP contribution in [0.3, 0.4) is 0 Å². The molecule has 0 atom stereocenters. The predicted octanol–water partition coefficient (Wildman–Crippen LogP) is 1.50. The Bertz CT molecular complexity index is 507. The number of nitrogens with zero attached hydrogens (tertiary/aromatic N) is 3. The van der Waals surface area contributed by atoms with Crippen molar-refractivity contribution in [3.63, 3.8) is 0 Å². The molecule has 1 heterocycles. The molecule has 0 unspecified atom stereocenters. The Hall–Kier alpha value is -1.44. The molecule has 0 aromatic heterocycles. The van der Waals surface area contributed by atoms with Gasteiger partial charge in [0.25, 0.3) is 5.69 Å². The van der Waals surface area contributed by atoms with Crippen LogP contribution in [0.15, 0.2) is 12.1 Å². The van der Waals surface area contributed by atoms with Gasteiger partial charge in [0.05, 0.1) is 16.6 Å². The van der Waals surface area contributed by atoms with Crippen LogP contribution in [0.2, 0.25) is 5.02 Å². The van der Waals surface area contributed by atoms with Crippen LogP contribution in [0, 0.1) is 15.9 Å². The number of rotatable bonds is 4. The number of aliphatic hydroxyl groups is 1. The third-order valence-electron chi connectivity index (χ3n) is 3.34. The lowest BCUT2D eigenvalue weighted by Crippen LogP contribution is -2.47. The van der Waals surface area contributed by atoms with Crippen LogP contribution in [0.5, 0.6) is 0 Å². The molecule has 8 heteroatoms. The van der Waals surface area contributed by atoms with Gasteiger partial charge in [-0.1, -0.05) is 11.6 Å². The van der Waals surface area contributed by atoms with Crippen molar-refractivity contribution in [2.75, 3.05) is 44.2 Å². The Morgan fingerprint density at radius 1 is 1.35 bits per heavy atom. The molecule has 1 saturated heterocycles. The molecule has 1 aromatic carbocycles. The highest BCUT2D eigenvalue weighted by molar-refractivity contribution is 6.31. The van der Waals surface area contributed by atoms with E-state index in [1.54, 1.807) is 4.90 Å². The standard InChI is InChI=1S/C12H15ClFN3O3/c13-9-7-12(17(19)20)11(8-10(9)14)16-3-1-15(2-4-16)5-6-18/h7-8,18H,1-6H2. The van der Waals surface area contributed by atoms with Crippen LogP contribution < -0.4 is 4.90 Å². The minimum atomic E-state index is -0.662. The largest absolute Gasteiger partial charge is 0.395 e. The molecule has 1 fully saturated rings. The number of nitro groups is 1. The van der Waals surface area contributed by atoms with Gasteiger partial charge in [0.1, 0.15) is 11.5 Å². The second kappa shape index (κ2) is 6.34. The van der Waals surface area contributed by atoms with Crippen LogP contribution in [0.4, 0.5) is 15.8 Å². The molecule has 0 saturated carbocycles. The van der Waals surface area contributed by atoms with Gasteiger partial charge in [-0.25, -0.2) is 4.39 Å². The van der Waals surface area contributed by atoms with Crippen molar-refractivity contribution < 1.29 is 14.4 Å². The fraction of sp³-hybridized carbons (Fsp3) is 0.500. The van der Waals surface area contributed by atoms with Crippen molar-refractivity contribution >= 4 is 23.0 Å². The van der Waals surface area contributed by atoms with Gasteiger partial charge in [0.2, 0.25) is 0 Å². The van der Waals surface area contributed by atoms with E-state index in [0.717, 1.165) is 12.1 Å². The summed E-state index contributed by atoms with van der Waals surface area (Å²) in [5.41, 5.74) is 0.0626. The molecule has 0 bridgehead atoms. The first-order valence-electron chi connectivity index (χ1n) is 6.24. The Balaban J connectivity index is 2.21. The topological polar surface area (TPSA) is 69.9 Å². The summed E-state index contributed by atoms with van der Waals surface area (Å²) in [6.45, 7) is 3.08. The Kier molecular flexibility index (Phi) is 4.74. The molecule has 2 rings (SSSR count). The van der Waals surface area contributed by atoms with E-state index in [-0.39, 0.29) is 23.0 Å². The Labute approximate surface area is 120 Å². The number of benzene rings is 1. The van der Waals surface area contributed by atoms with Gasteiger partial charge in [-0.15, -0.1) is 0 Å². The molecule has 1 aliphatic heterocycles. The van der Waals surface area contributed by atoms with Gasteiger partial charge in [-0.2, -0.15) is 0 Å². The average Bonchev–Trinajstić information content (AvgIpc) is 2.42. The van der Waals surface area contributed by atoms with Crippen LogP contribution in [-0.4, -0.2) is 54.3 Å². The first-order valence-corrected chi connectivity index (χ1v) is 6.62. The fourth-order valence-electron chi connectivity index (χ4n) is 2.28. The Morgan fingerprint density at radius 2 is 2.00 bits per heavy atom. The minimum Gasteiger partial charge on any atom is -0.395 e. The van der Waals surface area contributed by atoms with Crippen molar-refractivity contribution in [2.24, 2.45) is 0 Å². The maximum Gasteiger partial charge on any atom is 0.294 e. The summed E-state index contributed by atoms with van der Waals surface area (Å²) < 4.78 is 13.6. The fourth-order valence-corrected chi connectivity index (χ4v) is 2.44. The SMILES string of the molecule is O=[N+]([O-])c1cc(Cl)c(F)cc1N1CCN(CCO)CC1. The molecule has 0 spiro atoms. The molecule has 0 radical (unpaired) electrons. The molecule has 1 aliphatic rings. The summed E-state index contributed by atoms with van der Waals surface area (Å²) in [6, 6.07) is 2.16. The van der Waals surface area contributed by atoms with Crippen molar-refractivity contribution in [2.45, 2.75) is 0 Å². The highest BCUT2D eigenvalue weighted by Crippen LogP contribution is 2.33. The van der Waals surface area contributed by atoms with Gasteiger partial charge in [-0.05, 0) is 0 Å². The minimum absolute atomic E-state index is 0.0791. The van der Waals surface area contributed by atoms with Crippen molar-refractivity contribution in [1.82, 2.24) is 4.90 Å². The first kappa shape index (κ1) is 15.0. The van der Waals surface area contributed by atoms with Crippen LogP contribution >= 0.6 is 11.6 Å². The van der Waals surface area contributed by atoms with Gasteiger partial charge in [0.15, 0.2) is 0 Å². The lowest BCUT2D eigenvalue weighted by Gasteiger charge is -2.35. The number of β-amino-alcohol motifs (C(OH)–C–C–N with tert-alkyl or cyclic N) is 1. The predicted molar refractivity (Wildman–Crippen MR) is 73.8 cm³/mol. The van der Waals surface area contributed by atoms with E-state index in [1.807, 2.05) is 0 Å². The average molecular weight is 304 g/mol. The van der Waals surface area contributed by atoms with E-state index in [2.05, 4.69) is 4.90 Å². The van der Waals surface area contributed by atoms with Crippen molar-refractivity contribution in [3.05, 3.63) is 33.1 Å². The number of halogens is 2. The van der Waals surface area contributed by atoms with Gasteiger partial charge in [-0.3, -0.25) is 15.0 Å². The second-order valence-electron chi connectivity index (χ2n) is 4.56. The number of aliphatic hydroxyl groups excluding tert-OH is 1. The monoisotopic (exact) mass is 303 g/mol. The van der Waals surface area contributed by atoms with Crippen molar-refractivity contribution in [3.8, 4) is 0 Å². The van der Waals surface area contributed by atoms with E-state index < -0.39 is 10.7 Å². The molecule has 6 nitrogen and oxygen atoms in total. The number of piperazine rings is 1. The molecule has 0 amide bonds. The summed E-state index contributed by atoms with van der Waals surface area (Å²) in [4.78, 5) is 14.3. The van der Waals surface area contributed by atoms with Crippen LogP contribution in [-0.2, 0) is 0 Å². The first-order chi connectivity index (χ1) is 9.52.